The topological polar surface area (TPSA) is 79.6 Å². The van der Waals surface area contributed by atoms with Gasteiger partial charge in [0.1, 0.15) is 11.3 Å². The van der Waals surface area contributed by atoms with Crippen LogP contribution in [0.25, 0.3) is 11.0 Å². The first-order valence-corrected chi connectivity index (χ1v) is 7.42. The lowest BCUT2D eigenvalue weighted by Gasteiger charge is -2.10. The molecule has 0 aliphatic carbocycles. The number of hydrogen-bond acceptors (Lipinski definition) is 5. The van der Waals surface area contributed by atoms with Gasteiger partial charge >= 0.3 is 5.63 Å². The zero-order valence-electron chi connectivity index (χ0n) is 12.8. The van der Waals surface area contributed by atoms with Crippen molar-refractivity contribution in [3.05, 3.63) is 39.7 Å². The molecular weight excluding hydrogens is 284 g/mol. The second kappa shape index (κ2) is 7.11. The van der Waals surface area contributed by atoms with E-state index in [1.165, 1.54) is 0 Å². The average Bonchev–Trinajstić information content (AvgIpc) is 2.46. The molecule has 0 atom stereocenters. The molecule has 5 nitrogen and oxygen atoms in total. The summed E-state index contributed by atoms with van der Waals surface area (Å²) in [5.41, 5.74) is 1.08. The molecule has 2 rings (SSSR count). The van der Waals surface area contributed by atoms with Crippen LogP contribution in [0.15, 0.2) is 27.4 Å². The lowest BCUT2D eigenvalue weighted by Crippen LogP contribution is -2.24. The molecule has 0 N–H and O–H groups in total. The minimum atomic E-state index is -1.18. The van der Waals surface area contributed by atoms with Gasteiger partial charge in [-0.2, -0.15) is 0 Å². The van der Waals surface area contributed by atoms with E-state index in [1.807, 2.05) is 12.1 Å². The predicted octanol–water partition coefficient (Wildman–Crippen LogP) is 1.96. The first kappa shape index (κ1) is 16.1. The molecular formula is C17H19O5-. The van der Waals surface area contributed by atoms with Crippen molar-refractivity contribution < 1.29 is 19.1 Å². The molecule has 0 unspecified atom stereocenters. The fourth-order valence-corrected chi connectivity index (χ4v) is 2.31. The van der Waals surface area contributed by atoms with E-state index in [4.69, 9.17) is 9.15 Å². The van der Waals surface area contributed by atoms with Gasteiger partial charge in [-0.1, -0.05) is 13.3 Å². The number of carboxylic acid groups (broad SMARTS) is 1. The molecule has 0 spiro atoms. The fourth-order valence-electron chi connectivity index (χ4n) is 2.31. The summed E-state index contributed by atoms with van der Waals surface area (Å²) in [6, 6.07) is 5.35. The van der Waals surface area contributed by atoms with E-state index in [9.17, 15) is 14.7 Å². The van der Waals surface area contributed by atoms with Gasteiger partial charge < -0.3 is 19.1 Å². The van der Waals surface area contributed by atoms with Crippen molar-refractivity contribution >= 4 is 16.9 Å². The van der Waals surface area contributed by atoms with Gasteiger partial charge in [0.15, 0.2) is 0 Å². The number of hydrogen-bond donors (Lipinski definition) is 0. The van der Waals surface area contributed by atoms with Crippen LogP contribution in [0.2, 0.25) is 0 Å². The van der Waals surface area contributed by atoms with Gasteiger partial charge in [-0.15, -0.1) is 0 Å². The smallest absolute Gasteiger partial charge is 0.339 e. The molecule has 0 saturated carbocycles. The second-order valence-corrected chi connectivity index (χ2v) is 5.23. The first-order chi connectivity index (χ1) is 10.5. The maximum absolute atomic E-state index is 12.0. The summed E-state index contributed by atoms with van der Waals surface area (Å²) in [7, 11) is 0. The Bertz CT molecular complexity index is 730. The van der Waals surface area contributed by atoms with Gasteiger partial charge in [-0.3, -0.25) is 0 Å². The number of carbonyl (C=O) groups excluding carboxylic acids is 1. The normalized spacial score (nSPS) is 10.8. The molecule has 0 saturated heterocycles. The summed E-state index contributed by atoms with van der Waals surface area (Å²) in [5, 5.41) is 11.4. The standard InChI is InChI=1S/C17H20O5/c1-3-4-9-21-12-5-6-13-11(2)14(7-8-16(18)19)17(20)22-15(13)10-12/h5-6,10H,3-4,7-9H2,1-2H3,(H,18,19)/p-1. The van der Waals surface area contributed by atoms with Gasteiger partial charge in [-0.25, -0.2) is 4.79 Å². The van der Waals surface area contributed by atoms with Gasteiger partial charge in [0, 0.05) is 23.0 Å². The van der Waals surface area contributed by atoms with Crippen molar-refractivity contribution in [1.82, 2.24) is 0 Å². The number of unbranched alkanes of at least 4 members (excludes halogenated alkanes) is 1. The Labute approximate surface area is 128 Å². The van der Waals surface area contributed by atoms with E-state index in [0.717, 1.165) is 23.8 Å². The first-order valence-electron chi connectivity index (χ1n) is 7.42. The maximum Gasteiger partial charge on any atom is 0.339 e. The van der Waals surface area contributed by atoms with Crippen molar-refractivity contribution in [2.45, 2.75) is 39.5 Å². The highest BCUT2D eigenvalue weighted by atomic mass is 16.5. The molecule has 0 radical (unpaired) electrons. The van der Waals surface area contributed by atoms with Crippen LogP contribution >= 0.6 is 0 Å². The summed E-state index contributed by atoms with van der Waals surface area (Å²) >= 11 is 0. The molecule has 1 aromatic carbocycles. The number of ether oxygens (including phenoxy) is 1. The summed E-state index contributed by atoms with van der Waals surface area (Å²) in [6.07, 6.45) is 1.92. The minimum Gasteiger partial charge on any atom is -0.550 e. The number of benzene rings is 1. The average molecular weight is 303 g/mol. The van der Waals surface area contributed by atoms with Crippen molar-refractivity contribution in [2.24, 2.45) is 0 Å². The Morgan fingerprint density at radius 3 is 2.82 bits per heavy atom. The highest BCUT2D eigenvalue weighted by Gasteiger charge is 2.12. The Morgan fingerprint density at radius 1 is 1.36 bits per heavy atom. The van der Waals surface area contributed by atoms with E-state index in [1.54, 1.807) is 13.0 Å². The van der Waals surface area contributed by atoms with Crippen LogP contribution in [0.5, 0.6) is 5.75 Å². The maximum atomic E-state index is 12.0. The largest absolute Gasteiger partial charge is 0.550 e. The van der Waals surface area contributed by atoms with Crippen LogP contribution in [0.1, 0.15) is 37.3 Å². The predicted molar refractivity (Wildman–Crippen MR) is 81.0 cm³/mol. The lowest BCUT2D eigenvalue weighted by molar-refractivity contribution is -0.305. The van der Waals surface area contributed by atoms with Crippen LogP contribution < -0.4 is 15.5 Å². The summed E-state index contributed by atoms with van der Waals surface area (Å²) < 4.78 is 10.9. The molecule has 5 heteroatoms. The Kier molecular flexibility index (Phi) is 5.20. The van der Waals surface area contributed by atoms with E-state index in [-0.39, 0.29) is 12.8 Å². The zero-order chi connectivity index (χ0) is 16.1. The number of aliphatic carboxylic acids is 1. The number of carbonyl (C=O) groups is 1. The van der Waals surface area contributed by atoms with E-state index < -0.39 is 11.6 Å². The van der Waals surface area contributed by atoms with Crippen LogP contribution in [-0.4, -0.2) is 12.6 Å². The second-order valence-electron chi connectivity index (χ2n) is 5.23. The van der Waals surface area contributed by atoms with Crippen molar-refractivity contribution in [2.75, 3.05) is 6.61 Å². The summed E-state index contributed by atoms with van der Waals surface area (Å²) in [5.74, 6) is -0.524. The molecule has 0 amide bonds. The molecule has 0 bridgehead atoms. The van der Waals surface area contributed by atoms with Crippen LogP contribution in [0.4, 0.5) is 0 Å². The van der Waals surface area contributed by atoms with Crippen LogP contribution in [0.3, 0.4) is 0 Å². The van der Waals surface area contributed by atoms with Crippen LogP contribution in [-0.2, 0) is 11.2 Å². The van der Waals surface area contributed by atoms with Crippen LogP contribution in [0, 0.1) is 6.92 Å². The molecule has 0 aliphatic rings. The molecule has 118 valence electrons. The quantitative estimate of drug-likeness (QED) is 0.577. The highest BCUT2D eigenvalue weighted by molar-refractivity contribution is 5.82. The SMILES string of the molecule is CCCCOc1ccc2c(C)c(CCC(=O)[O-])c(=O)oc2c1. The van der Waals surface area contributed by atoms with E-state index in [0.29, 0.717) is 23.5 Å². The third-order valence-corrected chi connectivity index (χ3v) is 3.60. The third kappa shape index (κ3) is 3.67. The van der Waals surface area contributed by atoms with Crippen molar-refractivity contribution in [3.63, 3.8) is 0 Å². The third-order valence-electron chi connectivity index (χ3n) is 3.60. The number of fused-ring (bicyclic) bond motifs is 1. The Balaban J connectivity index is 2.34. The molecule has 22 heavy (non-hydrogen) atoms. The molecule has 0 aliphatic heterocycles. The van der Waals surface area contributed by atoms with Gasteiger partial charge in [0.2, 0.25) is 0 Å². The van der Waals surface area contributed by atoms with Gasteiger partial charge in [0.25, 0.3) is 0 Å². The monoisotopic (exact) mass is 303 g/mol. The Morgan fingerprint density at radius 2 is 2.14 bits per heavy atom. The molecule has 1 aromatic heterocycles. The molecule has 1 heterocycles. The highest BCUT2D eigenvalue weighted by Crippen LogP contribution is 2.24. The lowest BCUT2D eigenvalue weighted by atomic mass is 10.0. The number of carboxylic acids is 1. The zero-order valence-corrected chi connectivity index (χ0v) is 12.8. The number of rotatable bonds is 7. The molecule has 0 fully saturated rings. The van der Waals surface area contributed by atoms with Crippen molar-refractivity contribution in [3.8, 4) is 5.75 Å². The van der Waals surface area contributed by atoms with Gasteiger partial charge in [0.05, 0.1) is 6.61 Å². The summed E-state index contributed by atoms with van der Waals surface area (Å²) in [6.45, 7) is 4.50. The molecule has 2 aromatic rings. The number of aryl methyl sites for hydroxylation is 1. The van der Waals surface area contributed by atoms with E-state index in [2.05, 4.69) is 6.92 Å². The van der Waals surface area contributed by atoms with Crippen molar-refractivity contribution in [1.29, 1.82) is 0 Å². The summed E-state index contributed by atoms with van der Waals surface area (Å²) in [4.78, 5) is 22.6. The van der Waals surface area contributed by atoms with E-state index >= 15 is 0 Å². The Hall–Kier alpha value is -2.30. The fraction of sp³-hybridized carbons (Fsp3) is 0.412. The minimum absolute atomic E-state index is 0.112. The van der Waals surface area contributed by atoms with Gasteiger partial charge in [-0.05, 0) is 43.9 Å².